The molecule has 222 valence electrons. The van der Waals surface area contributed by atoms with Gasteiger partial charge < -0.3 is 19.1 Å². The van der Waals surface area contributed by atoms with Crippen LogP contribution in [0.5, 0.6) is 5.88 Å². The number of aromatic nitrogens is 3. The number of rotatable bonds is 10. The Kier molecular flexibility index (Phi) is 8.36. The summed E-state index contributed by atoms with van der Waals surface area (Å²) in [5, 5.41) is 18.4. The maximum Gasteiger partial charge on any atom is 0.310 e. The number of ether oxygens (including phenoxy) is 2. The smallest absolute Gasteiger partial charge is 0.310 e. The minimum Gasteiger partial charge on any atom is -0.481 e. The lowest BCUT2D eigenvalue weighted by atomic mass is 9.93. The van der Waals surface area contributed by atoms with E-state index in [9.17, 15) is 14.3 Å². The van der Waals surface area contributed by atoms with Crippen LogP contribution in [-0.2, 0) is 29.2 Å². The summed E-state index contributed by atoms with van der Waals surface area (Å²) in [6, 6.07) is 17.8. The Morgan fingerprint density at radius 3 is 2.67 bits per heavy atom. The first-order valence-electron chi connectivity index (χ1n) is 14.7. The highest BCUT2D eigenvalue weighted by Crippen LogP contribution is 2.30. The maximum absolute atomic E-state index is 14.3. The van der Waals surface area contributed by atoms with Crippen molar-refractivity contribution in [1.29, 1.82) is 5.26 Å². The van der Waals surface area contributed by atoms with Gasteiger partial charge in [0.25, 0.3) is 0 Å². The van der Waals surface area contributed by atoms with Gasteiger partial charge in [-0.25, -0.2) is 14.4 Å². The molecule has 9 nitrogen and oxygen atoms in total. The second kappa shape index (κ2) is 12.5. The minimum atomic E-state index is -0.850. The number of carbonyl (C=O) groups is 1. The van der Waals surface area contributed by atoms with Gasteiger partial charge in [0, 0.05) is 29.8 Å². The number of likely N-dealkylation sites (tertiary alicyclic amines) is 1. The van der Waals surface area contributed by atoms with Gasteiger partial charge in [-0.3, -0.25) is 9.69 Å². The van der Waals surface area contributed by atoms with Gasteiger partial charge in [0.05, 0.1) is 47.8 Å². The number of halogens is 1. The average molecular weight is 584 g/mol. The summed E-state index contributed by atoms with van der Waals surface area (Å²) in [5.74, 6) is -0.210. The number of carboxylic acid groups (broad SMARTS) is 1. The quantitative estimate of drug-likeness (QED) is 0.265. The lowest BCUT2D eigenvalue weighted by Gasteiger charge is -2.32. The van der Waals surface area contributed by atoms with Crippen LogP contribution < -0.4 is 4.74 Å². The number of nitriles is 1. The van der Waals surface area contributed by atoms with E-state index < -0.39 is 17.7 Å². The Morgan fingerprint density at radius 2 is 1.98 bits per heavy atom. The summed E-state index contributed by atoms with van der Waals surface area (Å²) in [4.78, 5) is 23.7. The summed E-state index contributed by atoms with van der Waals surface area (Å²) in [5.41, 5.74) is 4.18. The van der Waals surface area contributed by atoms with E-state index in [0.717, 1.165) is 73.6 Å². The number of nitrogens with zero attached hydrogens (tertiary/aromatic N) is 5. The number of piperidine rings is 1. The molecule has 2 saturated heterocycles. The third-order valence-electron chi connectivity index (χ3n) is 8.58. The van der Waals surface area contributed by atoms with Gasteiger partial charge in [0.2, 0.25) is 5.88 Å². The molecule has 0 amide bonds. The van der Waals surface area contributed by atoms with E-state index in [4.69, 9.17) is 24.7 Å². The molecule has 0 spiro atoms. The summed E-state index contributed by atoms with van der Waals surface area (Å²) >= 11 is 0. The number of benzene rings is 2. The van der Waals surface area contributed by atoms with Crippen molar-refractivity contribution in [2.45, 2.75) is 63.8 Å². The van der Waals surface area contributed by atoms with Crippen LogP contribution >= 0.6 is 0 Å². The number of pyridine rings is 1. The zero-order chi connectivity index (χ0) is 29.9. The fourth-order valence-electron chi connectivity index (χ4n) is 5.78. The molecule has 1 N–H and O–H groups in total. The Hall–Kier alpha value is -4.33. The van der Waals surface area contributed by atoms with Crippen molar-refractivity contribution in [3.8, 4) is 11.9 Å². The van der Waals surface area contributed by atoms with Crippen LogP contribution in [0.2, 0.25) is 0 Å². The molecule has 2 aromatic heterocycles. The molecule has 2 aliphatic heterocycles. The van der Waals surface area contributed by atoms with Gasteiger partial charge in [-0.15, -0.1) is 0 Å². The lowest BCUT2D eigenvalue weighted by Crippen LogP contribution is -2.35. The van der Waals surface area contributed by atoms with Gasteiger partial charge in [0.1, 0.15) is 18.2 Å². The number of carboxylic acids is 1. The van der Waals surface area contributed by atoms with Crippen molar-refractivity contribution in [3.63, 3.8) is 0 Å². The SMILES string of the molecule is CC(C(=O)O)c1ccc2c(c1)nc(CN1CCC(c3cccc(OCc4ccc(C#N)cc4F)n3)CC1)n2CC1CCO1. The molecule has 0 aliphatic carbocycles. The van der Waals surface area contributed by atoms with E-state index in [1.54, 1.807) is 25.1 Å². The second-order valence-corrected chi connectivity index (χ2v) is 11.4. The molecule has 4 heterocycles. The monoisotopic (exact) mass is 583 g/mol. The van der Waals surface area contributed by atoms with E-state index >= 15 is 0 Å². The molecule has 2 atom stereocenters. The number of hydrogen-bond donors (Lipinski definition) is 1. The average Bonchev–Trinajstić information content (AvgIpc) is 3.34. The number of hydrogen-bond acceptors (Lipinski definition) is 7. The van der Waals surface area contributed by atoms with Crippen LogP contribution in [0, 0.1) is 17.1 Å². The van der Waals surface area contributed by atoms with E-state index in [-0.39, 0.29) is 24.2 Å². The second-order valence-electron chi connectivity index (χ2n) is 11.4. The zero-order valence-corrected chi connectivity index (χ0v) is 24.1. The third kappa shape index (κ3) is 6.38. The molecular formula is C33H34FN5O4. The van der Waals surface area contributed by atoms with Crippen molar-refractivity contribution < 1.29 is 23.8 Å². The van der Waals surface area contributed by atoms with Gasteiger partial charge >= 0.3 is 5.97 Å². The Bertz CT molecular complexity index is 1670. The highest BCUT2D eigenvalue weighted by atomic mass is 19.1. The Labute approximate surface area is 249 Å². The van der Waals surface area contributed by atoms with Crippen LogP contribution in [-0.4, -0.2) is 56.3 Å². The van der Waals surface area contributed by atoms with Gasteiger partial charge in [-0.05, 0) is 75.2 Å². The standard InChI is InChI=1S/C33H34FN5O4/c1-21(33(40)41)24-7-8-30-29(16-24)36-31(39(30)18-26-11-14-42-26)19-38-12-9-23(10-13-38)28-3-2-4-32(37-28)43-20-25-6-5-22(17-35)15-27(25)34/h2-8,15-16,21,23,26H,9-14,18-20H2,1H3,(H,40,41). The molecular weight excluding hydrogens is 549 g/mol. The number of aliphatic carboxylic acids is 1. The van der Waals surface area contributed by atoms with Gasteiger partial charge in [-0.2, -0.15) is 5.26 Å². The van der Waals surface area contributed by atoms with E-state index in [2.05, 4.69) is 9.47 Å². The van der Waals surface area contributed by atoms with Crippen LogP contribution in [0.25, 0.3) is 11.0 Å². The van der Waals surface area contributed by atoms with Crippen LogP contribution in [0.15, 0.2) is 54.6 Å². The molecule has 2 aliphatic rings. The van der Waals surface area contributed by atoms with Crippen LogP contribution in [0.4, 0.5) is 4.39 Å². The zero-order valence-electron chi connectivity index (χ0n) is 24.1. The molecule has 0 saturated carbocycles. The normalized spacial score (nSPS) is 18.2. The first-order valence-corrected chi connectivity index (χ1v) is 14.7. The maximum atomic E-state index is 14.3. The van der Waals surface area contributed by atoms with Gasteiger partial charge in [-0.1, -0.05) is 18.2 Å². The molecule has 4 aromatic rings. The van der Waals surface area contributed by atoms with Crippen molar-refractivity contribution >= 4 is 17.0 Å². The molecule has 2 fully saturated rings. The lowest BCUT2D eigenvalue weighted by molar-refractivity contribution is -0.138. The molecule has 6 rings (SSSR count). The van der Waals surface area contributed by atoms with E-state index in [1.807, 2.05) is 36.4 Å². The highest BCUT2D eigenvalue weighted by molar-refractivity contribution is 5.81. The molecule has 0 radical (unpaired) electrons. The number of imidazole rings is 1. The third-order valence-corrected chi connectivity index (χ3v) is 8.58. The topological polar surface area (TPSA) is 113 Å². The largest absolute Gasteiger partial charge is 0.481 e. The molecule has 10 heteroatoms. The first kappa shape index (κ1) is 28.8. The Morgan fingerprint density at radius 1 is 1.16 bits per heavy atom. The van der Waals surface area contributed by atoms with Crippen molar-refractivity contribution in [2.24, 2.45) is 0 Å². The predicted molar refractivity (Wildman–Crippen MR) is 157 cm³/mol. The van der Waals surface area contributed by atoms with Crippen molar-refractivity contribution in [2.75, 3.05) is 19.7 Å². The van der Waals surface area contributed by atoms with E-state index in [0.29, 0.717) is 18.0 Å². The van der Waals surface area contributed by atoms with Crippen LogP contribution in [0.1, 0.15) is 66.2 Å². The summed E-state index contributed by atoms with van der Waals surface area (Å²) in [6.07, 6.45) is 3.07. The van der Waals surface area contributed by atoms with E-state index in [1.165, 1.54) is 6.07 Å². The molecule has 2 aromatic carbocycles. The molecule has 43 heavy (non-hydrogen) atoms. The highest BCUT2D eigenvalue weighted by Gasteiger charge is 2.26. The fraction of sp³-hybridized carbons (Fsp3) is 0.394. The van der Waals surface area contributed by atoms with Crippen molar-refractivity contribution in [3.05, 3.63) is 88.6 Å². The van der Waals surface area contributed by atoms with Crippen LogP contribution in [0.3, 0.4) is 0 Å². The fourth-order valence-corrected chi connectivity index (χ4v) is 5.78. The summed E-state index contributed by atoms with van der Waals surface area (Å²) in [6.45, 7) is 5.73. The predicted octanol–water partition coefficient (Wildman–Crippen LogP) is 5.38. The Balaban J connectivity index is 1.11. The summed E-state index contributed by atoms with van der Waals surface area (Å²) < 4.78 is 28.0. The summed E-state index contributed by atoms with van der Waals surface area (Å²) in [7, 11) is 0. The van der Waals surface area contributed by atoms with Crippen molar-refractivity contribution in [1.82, 2.24) is 19.4 Å². The number of fused-ring (bicyclic) bond motifs is 1. The molecule has 2 unspecified atom stereocenters. The minimum absolute atomic E-state index is 0.0377. The first-order chi connectivity index (χ1) is 20.9. The van der Waals surface area contributed by atoms with Gasteiger partial charge in [0.15, 0.2) is 0 Å². The molecule has 0 bridgehead atoms.